The first-order chi connectivity index (χ1) is 19.3. The number of hydrogen-bond acceptors (Lipinski definition) is 4. The Hall–Kier alpha value is -1.36. The Balaban J connectivity index is 1.38. The largest absolute Gasteiger partial charge is 0.481 e. The zero-order chi connectivity index (χ0) is 31.1. The van der Waals surface area contributed by atoms with Crippen LogP contribution in [0.25, 0.3) is 0 Å². The number of hydrogen-bond donors (Lipinski definition) is 1. The fourth-order valence-corrected chi connectivity index (χ4v) is 12.2. The van der Waals surface area contributed by atoms with E-state index in [0.29, 0.717) is 34.7 Å². The molecular weight excluding hydrogens is 524 g/mol. The minimum absolute atomic E-state index is 0.0921. The normalized spacial score (nSPS) is 44.3. The fraction of sp³-hybridized carbons (Fsp3) is 0.892. The van der Waals surface area contributed by atoms with Crippen LogP contribution < -0.4 is 0 Å². The molecule has 0 heterocycles. The van der Waals surface area contributed by atoms with Crippen LogP contribution in [0.3, 0.4) is 0 Å². The van der Waals surface area contributed by atoms with E-state index in [2.05, 4.69) is 54.5 Å². The average Bonchev–Trinajstić information content (AvgIpc) is 3.02. The molecule has 0 aromatic heterocycles. The standard InChI is InChI=1S/C37H60O5/c1-32(2,31(39)40)22-30(38)42-29-17-19-36(8)24-12-14-27-35(7,21-23(24)11-13-25(36)34(29,5)6)18-15-26-33(3,4)28(41-10)16-20-37(26,27)9/h11,24-29H,12-22H2,1-10H3,(H,39,40)/t24-,25-,26-,27-,28-,29+,35-,36+,37-/m0/s1. The molecule has 0 bridgehead atoms. The number of esters is 1. The number of fused-ring (bicyclic) bond motifs is 6. The summed E-state index contributed by atoms with van der Waals surface area (Å²) in [6.07, 6.45) is 14.6. The molecule has 5 heteroatoms. The highest BCUT2D eigenvalue weighted by Crippen LogP contribution is 2.70. The molecule has 5 nitrogen and oxygen atoms in total. The Bertz CT molecular complexity index is 1120. The number of allylic oxidation sites excluding steroid dienone is 2. The van der Waals surface area contributed by atoms with Crippen molar-refractivity contribution in [2.45, 2.75) is 145 Å². The van der Waals surface area contributed by atoms with Crippen LogP contribution >= 0.6 is 0 Å². The van der Waals surface area contributed by atoms with Crippen LogP contribution in [0.4, 0.5) is 0 Å². The predicted molar refractivity (Wildman–Crippen MR) is 167 cm³/mol. The SMILES string of the molecule is CO[C@H]1CC[C@@]2(C)[C@@H](CC[C@@]3(C)CC4=CC[C@H]5C(C)(C)[C@H](OC(=O)CC(C)(C)C(=O)O)CC[C@]5(C)[C@H]4CC[C@@H]32)C1(C)C. The van der Waals surface area contributed by atoms with Crippen molar-refractivity contribution in [3.05, 3.63) is 11.6 Å². The number of rotatable bonds is 5. The van der Waals surface area contributed by atoms with Gasteiger partial charge in [0.1, 0.15) is 6.10 Å². The minimum atomic E-state index is -1.12. The Morgan fingerprint density at radius 3 is 2.10 bits per heavy atom. The number of ether oxygens (including phenoxy) is 2. The summed E-state index contributed by atoms with van der Waals surface area (Å²) in [7, 11) is 1.91. The summed E-state index contributed by atoms with van der Waals surface area (Å²) in [5, 5.41) is 9.52. The van der Waals surface area contributed by atoms with Gasteiger partial charge in [0.15, 0.2) is 0 Å². The van der Waals surface area contributed by atoms with Gasteiger partial charge in [-0.3, -0.25) is 9.59 Å². The quantitative estimate of drug-likeness (QED) is 0.258. The van der Waals surface area contributed by atoms with Crippen LogP contribution in [0.5, 0.6) is 0 Å². The van der Waals surface area contributed by atoms with Crippen molar-refractivity contribution >= 4 is 11.9 Å². The van der Waals surface area contributed by atoms with Crippen LogP contribution in [0, 0.1) is 56.2 Å². The van der Waals surface area contributed by atoms with Crippen molar-refractivity contribution < 1.29 is 24.2 Å². The van der Waals surface area contributed by atoms with Gasteiger partial charge in [-0.2, -0.15) is 0 Å². The molecule has 5 aliphatic rings. The molecule has 0 radical (unpaired) electrons. The van der Waals surface area contributed by atoms with Crippen LogP contribution in [-0.2, 0) is 19.1 Å². The van der Waals surface area contributed by atoms with Crippen molar-refractivity contribution in [2.75, 3.05) is 7.11 Å². The number of methoxy groups -OCH3 is 1. The molecule has 9 atom stereocenters. The summed E-state index contributed by atoms with van der Waals surface area (Å²) >= 11 is 0. The fourth-order valence-electron chi connectivity index (χ4n) is 12.2. The van der Waals surface area contributed by atoms with E-state index in [4.69, 9.17) is 9.47 Å². The first-order valence-electron chi connectivity index (χ1n) is 17.0. The van der Waals surface area contributed by atoms with Gasteiger partial charge in [0.25, 0.3) is 0 Å². The summed E-state index contributed by atoms with van der Waals surface area (Å²) in [5.74, 6) is 1.12. The van der Waals surface area contributed by atoms with Gasteiger partial charge < -0.3 is 14.6 Å². The topological polar surface area (TPSA) is 72.8 Å². The van der Waals surface area contributed by atoms with E-state index in [1.807, 2.05) is 7.11 Å². The number of carbonyl (C=O) groups is 2. The van der Waals surface area contributed by atoms with E-state index >= 15 is 0 Å². The van der Waals surface area contributed by atoms with E-state index in [0.717, 1.165) is 25.2 Å². The first-order valence-corrected chi connectivity index (χ1v) is 17.0. The maximum absolute atomic E-state index is 12.9. The molecule has 4 saturated carbocycles. The van der Waals surface area contributed by atoms with Gasteiger partial charge in [0.05, 0.1) is 17.9 Å². The summed E-state index contributed by atoms with van der Waals surface area (Å²) in [6.45, 7) is 20.6. The summed E-state index contributed by atoms with van der Waals surface area (Å²) < 4.78 is 12.2. The zero-order valence-electron chi connectivity index (χ0n) is 28.4. The van der Waals surface area contributed by atoms with Crippen molar-refractivity contribution in [3.8, 4) is 0 Å². The van der Waals surface area contributed by atoms with Crippen LogP contribution in [0.1, 0.15) is 133 Å². The number of aliphatic carboxylic acids is 1. The van der Waals surface area contributed by atoms with Gasteiger partial charge in [-0.25, -0.2) is 0 Å². The Morgan fingerprint density at radius 1 is 0.833 bits per heavy atom. The lowest BCUT2D eigenvalue weighted by atomic mass is 9.42. The Labute approximate surface area is 256 Å². The number of carbonyl (C=O) groups excluding carboxylic acids is 1. The van der Waals surface area contributed by atoms with Gasteiger partial charge in [-0.05, 0) is 123 Å². The molecule has 238 valence electrons. The Kier molecular flexibility index (Phi) is 7.89. The van der Waals surface area contributed by atoms with Crippen molar-refractivity contribution in [1.29, 1.82) is 0 Å². The van der Waals surface area contributed by atoms with E-state index in [1.54, 1.807) is 19.4 Å². The van der Waals surface area contributed by atoms with Crippen LogP contribution in [0.15, 0.2) is 11.6 Å². The van der Waals surface area contributed by atoms with Gasteiger partial charge in [0, 0.05) is 12.5 Å². The van der Waals surface area contributed by atoms with Gasteiger partial charge in [-0.1, -0.05) is 60.1 Å². The molecule has 5 rings (SSSR count). The minimum Gasteiger partial charge on any atom is -0.481 e. The molecule has 0 saturated heterocycles. The summed E-state index contributed by atoms with van der Waals surface area (Å²) in [5.41, 5.74) is 1.54. The van der Waals surface area contributed by atoms with Crippen molar-refractivity contribution in [1.82, 2.24) is 0 Å². The van der Waals surface area contributed by atoms with E-state index < -0.39 is 11.4 Å². The predicted octanol–water partition coefficient (Wildman–Crippen LogP) is 8.85. The molecule has 1 N–H and O–H groups in total. The highest BCUT2D eigenvalue weighted by Gasteiger charge is 2.63. The molecule has 0 amide bonds. The van der Waals surface area contributed by atoms with Crippen LogP contribution in [-0.4, -0.2) is 36.4 Å². The lowest BCUT2D eigenvalue weighted by Crippen LogP contribution is -2.58. The third-order valence-electron chi connectivity index (χ3n) is 14.5. The van der Waals surface area contributed by atoms with Gasteiger partial charge in [0.2, 0.25) is 0 Å². The molecule has 0 spiro atoms. The smallest absolute Gasteiger partial charge is 0.309 e. The molecule has 0 aromatic rings. The molecule has 0 unspecified atom stereocenters. The van der Waals surface area contributed by atoms with Crippen LogP contribution in [0.2, 0.25) is 0 Å². The molecule has 0 aliphatic heterocycles. The second-order valence-electron chi connectivity index (χ2n) is 18.0. The number of carboxylic acids is 1. The monoisotopic (exact) mass is 584 g/mol. The second-order valence-corrected chi connectivity index (χ2v) is 18.0. The molecule has 5 aliphatic carbocycles. The summed E-state index contributed by atoms with van der Waals surface area (Å²) in [4.78, 5) is 24.6. The molecule has 42 heavy (non-hydrogen) atoms. The van der Waals surface area contributed by atoms with Crippen molar-refractivity contribution in [3.63, 3.8) is 0 Å². The Morgan fingerprint density at radius 2 is 1.45 bits per heavy atom. The zero-order valence-corrected chi connectivity index (χ0v) is 28.4. The average molecular weight is 585 g/mol. The first kappa shape index (κ1) is 32.0. The molecular formula is C37H60O5. The van der Waals surface area contributed by atoms with E-state index in [9.17, 15) is 14.7 Å². The summed E-state index contributed by atoms with van der Waals surface area (Å²) in [6, 6.07) is 0. The molecule has 4 fully saturated rings. The van der Waals surface area contributed by atoms with Gasteiger partial charge in [-0.15, -0.1) is 0 Å². The maximum Gasteiger partial charge on any atom is 0.309 e. The lowest BCUT2D eigenvalue weighted by molar-refractivity contribution is -0.179. The highest BCUT2D eigenvalue weighted by atomic mass is 16.5. The number of carboxylic acid groups (broad SMARTS) is 1. The third kappa shape index (κ3) is 4.81. The highest BCUT2D eigenvalue weighted by molar-refractivity contribution is 5.81. The second kappa shape index (κ2) is 10.3. The maximum atomic E-state index is 12.9. The molecule has 0 aromatic carbocycles. The van der Waals surface area contributed by atoms with Gasteiger partial charge >= 0.3 is 11.9 Å². The lowest BCUT2D eigenvalue weighted by Gasteiger charge is -2.64. The van der Waals surface area contributed by atoms with Crippen molar-refractivity contribution in [2.24, 2.45) is 56.2 Å². The van der Waals surface area contributed by atoms with E-state index in [1.165, 1.54) is 44.9 Å². The van der Waals surface area contributed by atoms with E-state index in [-0.39, 0.29) is 34.7 Å². The third-order valence-corrected chi connectivity index (χ3v) is 14.5.